The van der Waals surface area contributed by atoms with E-state index in [1.165, 1.54) is 0 Å². The predicted octanol–water partition coefficient (Wildman–Crippen LogP) is 4.30. The summed E-state index contributed by atoms with van der Waals surface area (Å²) in [5.74, 6) is 0.568. The van der Waals surface area contributed by atoms with Gasteiger partial charge in [0.25, 0.3) is 5.91 Å². The minimum Gasteiger partial charge on any atom is -0.325 e. The first kappa shape index (κ1) is 17.6. The Morgan fingerprint density at radius 1 is 0.808 bits per heavy atom. The molecule has 0 fully saturated rings. The molecule has 0 saturated heterocycles. The summed E-state index contributed by atoms with van der Waals surface area (Å²) in [4.78, 5) is 25.4. The van der Waals surface area contributed by atoms with Crippen LogP contribution in [0.3, 0.4) is 0 Å². The minimum atomic E-state index is -0.152. The number of anilines is 3. The number of benzene rings is 2. The first-order valence-electron chi connectivity index (χ1n) is 8.76. The van der Waals surface area contributed by atoms with Gasteiger partial charge in [-0.1, -0.05) is 36.4 Å². The van der Waals surface area contributed by atoms with Gasteiger partial charge in [-0.3, -0.25) is 4.79 Å². The molecule has 0 N–H and O–H groups in total. The summed E-state index contributed by atoms with van der Waals surface area (Å²) in [6.07, 6.45) is 3.21. The molecule has 1 amide bonds. The second-order valence-corrected chi connectivity index (χ2v) is 5.72. The third-order valence-electron chi connectivity index (χ3n) is 4.15. The lowest BCUT2D eigenvalue weighted by Crippen LogP contribution is -2.31. The van der Waals surface area contributed by atoms with Crippen molar-refractivity contribution < 1.29 is 4.79 Å². The van der Waals surface area contributed by atoms with Gasteiger partial charge < -0.3 is 9.80 Å². The third-order valence-corrected chi connectivity index (χ3v) is 4.15. The maximum Gasteiger partial charge on any atom is 0.278 e. The van der Waals surface area contributed by atoms with E-state index in [2.05, 4.69) is 21.8 Å². The number of hydrogen-bond acceptors (Lipinski definition) is 4. The molecule has 0 unspecified atom stereocenters. The molecule has 0 aliphatic rings. The van der Waals surface area contributed by atoms with Crippen molar-refractivity contribution in [3.8, 4) is 0 Å². The largest absolute Gasteiger partial charge is 0.325 e. The van der Waals surface area contributed by atoms with Gasteiger partial charge in [-0.05, 0) is 38.1 Å². The Morgan fingerprint density at radius 3 is 1.92 bits per heavy atom. The molecule has 0 aliphatic carbocycles. The van der Waals surface area contributed by atoms with Crippen LogP contribution in [0.5, 0.6) is 0 Å². The van der Waals surface area contributed by atoms with Crippen LogP contribution in [0.25, 0.3) is 0 Å². The second kappa shape index (κ2) is 8.25. The van der Waals surface area contributed by atoms with Crippen LogP contribution in [0.2, 0.25) is 0 Å². The molecular formula is C21H22N4O. The number of rotatable bonds is 6. The number of amides is 1. The lowest BCUT2D eigenvalue weighted by atomic mass is 10.2. The van der Waals surface area contributed by atoms with E-state index in [9.17, 15) is 4.79 Å². The zero-order valence-electron chi connectivity index (χ0n) is 15.0. The third kappa shape index (κ3) is 3.72. The number of nitrogens with zero attached hydrogens (tertiary/aromatic N) is 4. The highest BCUT2D eigenvalue weighted by molar-refractivity contribution is 6.04. The fraction of sp³-hybridized carbons (Fsp3) is 0.190. The molecule has 3 rings (SSSR count). The maximum atomic E-state index is 12.8. The molecule has 132 valence electrons. The van der Waals surface area contributed by atoms with Crippen LogP contribution in [-0.2, 0) is 0 Å². The van der Waals surface area contributed by atoms with Crippen LogP contribution in [0, 0.1) is 0 Å². The summed E-state index contributed by atoms with van der Waals surface area (Å²) in [6, 6.07) is 19.6. The molecule has 0 radical (unpaired) electrons. The number of carbonyl (C=O) groups is 1. The average molecular weight is 346 g/mol. The quantitative estimate of drug-likeness (QED) is 0.668. The van der Waals surface area contributed by atoms with Crippen molar-refractivity contribution in [1.29, 1.82) is 0 Å². The molecule has 1 heterocycles. The summed E-state index contributed by atoms with van der Waals surface area (Å²) >= 11 is 0. The van der Waals surface area contributed by atoms with E-state index in [0.29, 0.717) is 12.2 Å². The Kier molecular flexibility index (Phi) is 5.59. The molecule has 2 aromatic carbocycles. The van der Waals surface area contributed by atoms with Gasteiger partial charge in [0.15, 0.2) is 5.82 Å². The molecule has 0 bridgehead atoms. The molecule has 1 aromatic heterocycles. The van der Waals surface area contributed by atoms with Gasteiger partial charge in [-0.15, -0.1) is 0 Å². The zero-order chi connectivity index (χ0) is 18.4. The SMILES string of the molecule is CCN(C(=O)c1cnc(N(CC)c2ccccc2)cn1)c1ccccc1. The maximum absolute atomic E-state index is 12.8. The van der Waals surface area contributed by atoms with Gasteiger partial charge in [0.2, 0.25) is 0 Å². The first-order valence-corrected chi connectivity index (χ1v) is 8.76. The standard InChI is InChI=1S/C21H22N4O/c1-3-24(17-11-7-5-8-12-17)20-16-22-19(15-23-20)21(26)25(4-2)18-13-9-6-10-14-18/h5-16H,3-4H2,1-2H3. The number of para-hydroxylation sites is 2. The summed E-state index contributed by atoms with van der Waals surface area (Å²) in [6.45, 7) is 5.33. The van der Waals surface area contributed by atoms with Gasteiger partial charge in [0.1, 0.15) is 5.69 Å². The van der Waals surface area contributed by atoms with Crippen molar-refractivity contribution >= 4 is 23.1 Å². The first-order chi connectivity index (χ1) is 12.7. The van der Waals surface area contributed by atoms with Crippen molar-refractivity contribution in [1.82, 2.24) is 9.97 Å². The Morgan fingerprint density at radius 2 is 1.42 bits per heavy atom. The van der Waals surface area contributed by atoms with E-state index in [-0.39, 0.29) is 5.91 Å². The highest BCUT2D eigenvalue weighted by atomic mass is 16.2. The Hall–Kier alpha value is -3.21. The molecule has 0 saturated carbocycles. The number of carbonyl (C=O) groups excluding carboxylic acids is 1. The highest BCUT2D eigenvalue weighted by Gasteiger charge is 2.18. The minimum absolute atomic E-state index is 0.152. The van der Waals surface area contributed by atoms with E-state index in [4.69, 9.17) is 0 Å². The van der Waals surface area contributed by atoms with E-state index < -0.39 is 0 Å². The fourth-order valence-electron chi connectivity index (χ4n) is 2.85. The average Bonchev–Trinajstić information content (AvgIpc) is 2.71. The molecule has 5 nitrogen and oxygen atoms in total. The highest BCUT2D eigenvalue weighted by Crippen LogP contribution is 2.22. The summed E-state index contributed by atoms with van der Waals surface area (Å²) in [5, 5.41) is 0. The lowest BCUT2D eigenvalue weighted by Gasteiger charge is -2.23. The molecule has 0 atom stereocenters. The van der Waals surface area contributed by atoms with E-state index in [1.807, 2.05) is 67.6 Å². The van der Waals surface area contributed by atoms with Gasteiger partial charge in [0.05, 0.1) is 12.4 Å². The van der Waals surface area contributed by atoms with E-state index >= 15 is 0 Å². The molecule has 0 spiro atoms. The smallest absolute Gasteiger partial charge is 0.278 e. The zero-order valence-corrected chi connectivity index (χ0v) is 15.0. The summed E-state index contributed by atoms with van der Waals surface area (Å²) in [7, 11) is 0. The molecule has 3 aromatic rings. The lowest BCUT2D eigenvalue weighted by molar-refractivity contribution is 0.0983. The number of aromatic nitrogens is 2. The summed E-state index contributed by atoms with van der Waals surface area (Å²) in [5.41, 5.74) is 2.23. The van der Waals surface area contributed by atoms with Crippen LogP contribution >= 0.6 is 0 Å². The topological polar surface area (TPSA) is 49.3 Å². The van der Waals surface area contributed by atoms with Crippen molar-refractivity contribution in [2.75, 3.05) is 22.9 Å². The Labute approximate surface area is 153 Å². The number of hydrogen-bond donors (Lipinski definition) is 0. The van der Waals surface area contributed by atoms with E-state index in [1.54, 1.807) is 17.3 Å². The van der Waals surface area contributed by atoms with Crippen LogP contribution in [-0.4, -0.2) is 29.0 Å². The van der Waals surface area contributed by atoms with Crippen LogP contribution in [0.1, 0.15) is 24.3 Å². The van der Waals surface area contributed by atoms with Crippen molar-refractivity contribution in [3.05, 3.63) is 78.8 Å². The normalized spacial score (nSPS) is 10.4. The monoisotopic (exact) mass is 346 g/mol. The predicted molar refractivity (Wildman–Crippen MR) is 105 cm³/mol. The van der Waals surface area contributed by atoms with Gasteiger partial charge in [-0.25, -0.2) is 9.97 Å². The van der Waals surface area contributed by atoms with Gasteiger partial charge >= 0.3 is 0 Å². The van der Waals surface area contributed by atoms with Crippen molar-refractivity contribution in [2.45, 2.75) is 13.8 Å². The molecular weight excluding hydrogens is 324 g/mol. The summed E-state index contributed by atoms with van der Waals surface area (Å²) < 4.78 is 0. The molecule has 26 heavy (non-hydrogen) atoms. The van der Waals surface area contributed by atoms with E-state index in [0.717, 1.165) is 23.7 Å². The fourth-order valence-corrected chi connectivity index (χ4v) is 2.85. The van der Waals surface area contributed by atoms with Crippen LogP contribution < -0.4 is 9.80 Å². The Balaban J connectivity index is 1.83. The van der Waals surface area contributed by atoms with Crippen LogP contribution in [0.4, 0.5) is 17.2 Å². The van der Waals surface area contributed by atoms with Crippen molar-refractivity contribution in [2.24, 2.45) is 0 Å². The van der Waals surface area contributed by atoms with Crippen LogP contribution in [0.15, 0.2) is 73.1 Å². The Bertz CT molecular complexity index is 835. The van der Waals surface area contributed by atoms with Gasteiger partial charge in [-0.2, -0.15) is 0 Å². The van der Waals surface area contributed by atoms with Crippen molar-refractivity contribution in [3.63, 3.8) is 0 Å². The molecule has 5 heteroatoms. The second-order valence-electron chi connectivity index (χ2n) is 5.72. The molecule has 0 aliphatic heterocycles. The van der Waals surface area contributed by atoms with Gasteiger partial charge in [0, 0.05) is 24.5 Å².